The normalized spacial score (nSPS) is 11.8. The number of ether oxygens (including phenoxy) is 1. The molecule has 2 rings (SSSR count). The third kappa shape index (κ3) is 4.26. The summed E-state index contributed by atoms with van der Waals surface area (Å²) in [6.45, 7) is 3.98. The van der Waals surface area contributed by atoms with Crippen molar-refractivity contribution in [3.05, 3.63) is 58.6 Å². The third-order valence-corrected chi connectivity index (χ3v) is 4.24. The fraction of sp³-hybridized carbons (Fsp3) is 0.316. The van der Waals surface area contributed by atoms with Gasteiger partial charge in [-0.15, -0.1) is 0 Å². The van der Waals surface area contributed by atoms with Crippen LogP contribution >= 0.6 is 11.6 Å². The highest BCUT2D eigenvalue weighted by molar-refractivity contribution is 6.31. The summed E-state index contributed by atoms with van der Waals surface area (Å²) in [7, 11) is 1.57. The molecule has 0 fully saturated rings. The predicted octanol–water partition coefficient (Wildman–Crippen LogP) is 5.18. The molecule has 0 bridgehead atoms. The first-order valence-electron chi connectivity index (χ1n) is 7.76. The molecular weight excluding hydrogens is 310 g/mol. The number of anilines is 1. The van der Waals surface area contributed by atoms with E-state index in [1.54, 1.807) is 13.2 Å². The molecule has 0 saturated carbocycles. The lowest BCUT2D eigenvalue weighted by Gasteiger charge is -2.18. The lowest BCUT2D eigenvalue weighted by atomic mass is 9.93. The van der Waals surface area contributed by atoms with Crippen molar-refractivity contribution in [2.75, 3.05) is 12.4 Å². The van der Waals surface area contributed by atoms with Crippen LogP contribution in [0.3, 0.4) is 0 Å². The number of amides is 1. The van der Waals surface area contributed by atoms with Crippen LogP contribution in [0.2, 0.25) is 5.02 Å². The molecule has 0 saturated heterocycles. The number of nitrogens with one attached hydrogen (secondary N) is 1. The van der Waals surface area contributed by atoms with E-state index in [0.29, 0.717) is 16.5 Å². The van der Waals surface area contributed by atoms with Crippen LogP contribution in [0.4, 0.5) is 5.69 Å². The Hall–Kier alpha value is -2.00. The Morgan fingerprint density at radius 1 is 1.26 bits per heavy atom. The van der Waals surface area contributed by atoms with Crippen molar-refractivity contribution in [1.29, 1.82) is 0 Å². The van der Waals surface area contributed by atoms with Crippen LogP contribution in [-0.4, -0.2) is 13.0 Å². The summed E-state index contributed by atoms with van der Waals surface area (Å²) in [5.74, 6) is 0.359. The first-order valence-corrected chi connectivity index (χ1v) is 8.14. The largest absolute Gasteiger partial charge is 0.495 e. The summed E-state index contributed by atoms with van der Waals surface area (Å²) in [4.78, 5) is 12.8. The van der Waals surface area contributed by atoms with Gasteiger partial charge in [-0.05, 0) is 30.5 Å². The zero-order valence-corrected chi connectivity index (χ0v) is 14.5. The van der Waals surface area contributed by atoms with Crippen molar-refractivity contribution in [2.45, 2.75) is 32.6 Å². The number of hydrogen-bond acceptors (Lipinski definition) is 2. The smallest absolute Gasteiger partial charge is 0.232 e. The summed E-state index contributed by atoms with van der Waals surface area (Å²) in [5.41, 5.74) is 2.57. The van der Waals surface area contributed by atoms with Gasteiger partial charge in [-0.2, -0.15) is 0 Å². The number of aryl methyl sites for hydroxylation is 1. The van der Waals surface area contributed by atoms with Crippen molar-refractivity contribution in [3.63, 3.8) is 0 Å². The summed E-state index contributed by atoms with van der Waals surface area (Å²) in [6.07, 6.45) is 1.73. The van der Waals surface area contributed by atoms with Gasteiger partial charge in [0.1, 0.15) is 5.75 Å². The first kappa shape index (κ1) is 17.4. The Bertz CT molecular complexity index is 671. The zero-order chi connectivity index (χ0) is 16.8. The molecule has 2 aromatic carbocycles. The highest BCUT2D eigenvalue weighted by Gasteiger charge is 2.21. The molecule has 1 amide bonds. The molecule has 0 radical (unpaired) electrons. The van der Waals surface area contributed by atoms with Gasteiger partial charge in [-0.25, -0.2) is 0 Å². The van der Waals surface area contributed by atoms with E-state index in [1.807, 2.05) is 43.3 Å². The average Bonchev–Trinajstić information content (AvgIpc) is 2.56. The van der Waals surface area contributed by atoms with E-state index in [2.05, 4.69) is 12.2 Å². The summed E-state index contributed by atoms with van der Waals surface area (Å²) < 4.78 is 5.33. The molecule has 1 N–H and O–H groups in total. The Morgan fingerprint density at radius 2 is 1.96 bits per heavy atom. The van der Waals surface area contributed by atoms with Crippen molar-refractivity contribution in [1.82, 2.24) is 0 Å². The van der Waals surface area contributed by atoms with E-state index in [0.717, 1.165) is 24.0 Å². The van der Waals surface area contributed by atoms with E-state index < -0.39 is 0 Å². The second-order valence-corrected chi connectivity index (χ2v) is 5.95. The van der Waals surface area contributed by atoms with Crippen molar-refractivity contribution >= 4 is 23.2 Å². The Morgan fingerprint density at radius 3 is 2.57 bits per heavy atom. The van der Waals surface area contributed by atoms with E-state index in [9.17, 15) is 4.79 Å². The van der Waals surface area contributed by atoms with Crippen LogP contribution in [0.15, 0.2) is 42.5 Å². The molecule has 1 atom stereocenters. The topological polar surface area (TPSA) is 38.3 Å². The number of carbonyl (C=O) groups excluding carboxylic acids is 1. The van der Waals surface area contributed by atoms with Gasteiger partial charge in [-0.1, -0.05) is 55.3 Å². The third-order valence-electron chi connectivity index (χ3n) is 3.83. The molecular formula is C19H22ClNO2. The molecule has 1 unspecified atom stereocenters. The Labute approximate surface area is 142 Å². The van der Waals surface area contributed by atoms with Gasteiger partial charge in [0.25, 0.3) is 0 Å². The van der Waals surface area contributed by atoms with Gasteiger partial charge < -0.3 is 10.1 Å². The number of halogens is 1. The molecule has 2 aromatic rings. The van der Waals surface area contributed by atoms with Crippen LogP contribution < -0.4 is 10.1 Å². The lowest BCUT2D eigenvalue weighted by Crippen LogP contribution is -2.21. The fourth-order valence-electron chi connectivity index (χ4n) is 2.57. The molecule has 122 valence electrons. The van der Waals surface area contributed by atoms with Crippen LogP contribution in [0.25, 0.3) is 0 Å². The van der Waals surface area contributed by atoms with Crippen molar-refractivity contribution in [2.24, 2.45) is 0 Å². The number of rotatable bonds is 6. The molecule has 0 heterocycles. The summed E-state index contributed by atoms with van der Waals surface area (Å²) in [6, 6.07) is 13.4. The number of benzene rings is 2. The second-order valence-electron chi connectivity index (χ2n) is 5.54. The highest BCUT2D eigenvalue weighted by atomic mass is 35.5. The molecule has 3 nitrogen and oxygen atoms in total. The van der Waals surface area contributed by atoms with Gasteiger partial charge in [0.2, 0.25) is 5.91 Å². The van der Waals surface area contributed by atoms with Gasteiger partial charge in [0.15, 0.2) is 0 Å². The van der Waals surface area contributed by atoms with Gasteiger partial charge in [-0.3, -0.25) is 4.79 Å². The molecule has 23 heavy (non-hydrogen) atoms. The lowest BCUT2D eigenvalue weighted by molar-refractivity contribution is -0.117. The quantitative estimate of drug-likeness (QED) is 0.792. The van der Waals surface area contributed by atoms with Gasteiger partial charge >= 0.3 is 0 Å². The predicted molar refractivity (Wildman–Crippen MR) is 95.5 cm³/mol. The van der Waals surface area contributed by atoms with Crippen LogP contribution in [-0.2, 0) is 4.79 Å². The summed E-state index contributed by atoms with van der Waals surface area (Å²) >= 11 is 6.12. The monoisotopic (exact) mass is 331 g/mol. The minimum absolute atomic E-state index is 0.0296. The Kier molecular flexibility index (Phi) is 6.05. The zero-order valence-electron chi connectivity index (χ0n) is 13.7. The van der Waals surface area contributed by atoms with Crippen molar-refractivity contribution in [3.8, 4) is 5.75 Å². The highest BCUT2D eigenvalue weighted by Crippen LogP contribution is 2.32. The van der Waals surface area contributed by atoms with Gasteiger partial charge in [0.05, 0.1) is 18.7 Å². The van der Waals surface area contributed by atoms with Gasteiger partial charge in [0, 0.05) is 11.1 Å². The van der Waals surface area contributed by atoms with Crippen LogP contribution in [0, 0.1) is 6.92 Å². The fourth-order valence-corrected chi connectivity index (χ4v) is 2.73. The second kappa shape index (κ2) is 8.02. The van der Waals surface area contributed by atoms with Crippen molar-refractivity contribution < 1.29 is 9.53 Å². The standard InChI is InChI=1S/C19H22ClNO2/c1-4-8-15(14-9-6-5-7-10-14)19(22)21-17-11-13(2)16(20)12-18(17)23-3/h5-7,9-12,15H,4,8H2,1-3H3,(H,21,22). The maximum atomic E-state index is 12.8. The number of methoxy groups -OCH3 is 1. The molecule has 0 aliphatic heterocycles. The van der Waals surface area contributed by atoms with E-state index in [4.69, 9.17) is 16.3 Å². The van der Waals surface area contributed by atoms with E-state index >= 15 is 0 Å². The molecule has 0 aliphatic rings. The minimum atomic E-state index is -0.179. The van der Waals surface area contributed by atoms with Crippen LogP contribution in [0.1, 0.15) is 36.8 Å². The molecule has 0 aromatic heterocycles. The van der Waals surface area contributed by atoms with E-state index in [-0.39, 0.29) is 11.8 Å². The number of hydrogen-bond donors (Lipinski definition) is 1. The average molecular weight is 332 g/mol. The molecule has 0 spiro atoms. The number of carbonyl (C=O) groups is 1. The van der Waals surface area contributed by atoms with E-state index in [1.165, 1.54) is 0 Å². The molecule has 4 heteroatoms. The summed E-state index contributed by atoms with van der Waals surface area (Å²) in [5, 5.41) is 3.61. The SMILES string of the molecule is CCCC(C(=O)Nc1cc(C)c(Cl)cc1OC)c1ccccc1. The maximum absolute atomic E-state index is 12.8. The molecule has 0 aliphatic carbocycles. The first-order chi connectivity index (χ1) is 11.1. The minimum Gasteiger partial charge on any atom is -0.495 e. The maximum Gasteiger partial charge on any atom is 0.232 e. The van der Waals surface area contributed by atoms with Crippen LogP contribution in [0.5, 0.6) is 5.75 Å². The Balaban J connectivity index is 2.27.